The summed E-state index contributed by atoms with van der Waals surface area (Å²) < 4.78 is 9.35. The molecule has 0 spiro atoms. The van der Waals surface area contributed by atoms with E-state index < -0.39 is 0 Å². The summed E-state index contributed by atoms with van der Waals surface area (Å²) in [5.41, 5.74) is 2.34. The largest absolute Gasteiger partial charge is 0.497 e. The second-order valence-corrected chi connectivity index (χ2v) is 8.22. The van der Waals surface area contributed by atoms with E-state index >= 15 is 0 Å². The summed E-state index contributed by atoms with van der Waals surface area (Å²) in [6, 6.07) is 11.7. The summed E-state index contributed by atoms with van der Waals surface area (Å²) in [6.07, 6.45) is 0.678. The third-order valence-corrected chi connectivity index (χ3v) is 5.81. The van der Waals surface area contributed by atoms with E-state index in [0.717, 1.165) is 21.5 Å². The van der Waals surface area contributed by atoms with Crippen molar-refractivity contribution in [2.24, 2.45) is 0 Å². The lowest BCUT2D eigenvalue weighted by Gasteiger charge is -2.09. The maximum atomic E-state index is 12.8. The van der Waals surface area contributed by atoms with Gasteiger partial charge < -0.3 is 10.1 Å². The van der Waals surface area contributed by atoms with E-state index in [1.807, 2.05) is 48.6 Å². The second-order valence-electron chi connectivity index (χ2n) is 6.93. The monoisotopic (exact) mass is 410 g/mol. The predicted molar refractivity (Wildman–Crippen MR) is 114 cm³/mol. The van der Waals surface area contributed by atoms with Crippen molar-refractivity contribution in [1.29, 1.82) is 0 Å². The number of aryl methyl sites for hydroxylation is 2. The van der Waals surface area contributed by atoms with Crippen LogP contribution in [0.1, 0.15) is 16.3 Å². The van der Waals surface area contributed by atoms with Crippen molar-refractivity contribution in [2.45, 2.75) is 26.8 Å². The minimum atomic E-state index is -0.264. The zero-order valence-electron chi connectivity index (χ0n) is 16.6. The van der Waals surface area contributed by atoms with Gasteiger partial charge in [0.05, 0.1) is 17.3 Å². The van der Waals surface area contributed by atoms with Crippen LogP contribution in [0.3, 0.4) is 0 Å². The number of thiophene rings is 1. The fourth-order valence-corrected chi connectivity index (χ4v) is 4.43. The second kappa shape index (κ2) is 7.71. The molecule has 0 unspecified atom stereocenters. The number of carbonyl (C=O) groups is 1. The van der Waals surface area contributed by atoms with Crippen molar-refractivity contribution in [3.05, 3.63) is 63.0 Å². The molecule has 0 bridgehead atoms. The number of aromatic nitrogens is 3. The van der Waals surface area contributed by atoms with Gasteiger partial charge in [0.2, 0.25) is 5.91 Å². The van der Waals surface area contributed by atoms with Crippen molar-refractivity contribution < 1.29 is 9.53 Å². The third-order valence-electron chi connectivity index (χ3n) is 4.82. The van der Waals surface area contributed by atoms with Gasteiger partial charge in [0, 0.05) is 11.4 Å². The molecule has 0 aliphatic rings. The van der Waals surface area contributed by atoms with Crippen molar-refractivity contribution in [3.63, 3.8) is 0 Å². The molecule has 1 aromatic carbocycles. The van der Waals surface area contributed by atoms with Crippen molar-refractivity contribution in [1.82, 2.24) is 19.5 Å². The number of amides is 1. The number of rotatable bonds is 6. The highest BCUT2D eigenvalue weighted by molar-refractivity contribution is 7.19. The van der Waals surface area contributed by atoms with Gasteiger partial charge in [0.25, 0.3) is 5.56 Å². The highest BCUT2D eigenvalue weighted by atomic mass is 32.1. The molecular weight excluding hydrogens is 388 g/mol. The van der Waals surface area contributed by atoms with Crippen LogP contribution in [0.25, 0.3) is 15.7 Å². The fraction of sp³-hybridized carbons (Fsp3) is 0.286. The Morgan fingerprint density at radius 2 is 2.03 bits per heavy atom. The molecule has 0 aliphatic heterocycles. The van der Waals surface area contributed by atoms with Crippen molar-refractivity contribution in [2.75, 3.05) is 13.7 Å². The standard InChI is InChI=1S/C21H22N4O3S/c1-13-9-17-19(29-13)11-18-21(27)24(23-14(2)25(17)18)12-20(26)22-8-7-15-5-4-6-16(10-15)28-3/h4-6,9-11H,7-8,12H2,1-3H3,(H,22,26). The van der Waals surface area contributed by atoms with E-state index in [-0.39, 0.29) is 18.0 Å². The topological polar surface area (TPSA) is 77.6 Å². The molecule has 0 radical (unpaired) electrons. The molecule has 3 aromatic heterocycles. The van der Waals surface area contributed by atoms with Gasteiger partial charge in [-0.2, -0.15) is 5.10 Å². The Morgan fingerprint density at radius 3 is 2.83 bits per heavy atom. The zero-order valence-corrected chi connectivity index (χ0v) is 17.4. The number of ether oxygens (including phenoxy) is 1. The van der Waals surface area contributed by atoms with Gasteiger partial charge in [-0.25, -0.2) is 4.68 Å². The van der Waals surface area contributed by atoms with Crippen LogP contribution in [0.15, 0.2) is 41.2 Å². The van der Waals surface area contributed by atoms with Gasteiger partial charge in [0.15, 0.2) is 0 Å². The van der Waals surface area contributed by atoms with Crippen molar-refractivity contribution >= 4 is 33.0 Å². The normalized spacial score (nSPS) is 11.3. The lowest BCUT2D eigenvalue weighted by molar-refractivity contribution is -0.121. The van der Waals surface area contributed by atoms with Gasteiger partial charge in [-0.05, 0) is 50.1 Å². The molecule has 4 aromatic rings. The fourth-order valence-electron chi connectivity index (χ4n) is 3.49. The molecule has 0 aliphatic carbocycles. The molecule has 1 amide bonds. The molecule has 0 saturated carbocycles. The average Bonchev–Trinajstić information content (AvgIpc) is 3.22. The lowest BCUT2D eigenvalue weighted by Crippen LogP contribution is -2.35. The van der Waals surface area contributed by atoms with Crippen LogP contribution in [0.4, 0.5) is 0 Å². The Hall–Kier alpha value is -3.13. The smallest absolute Gasteiger partial charge is 0.291 e. The van der Waals surface area contributed by atoms with Gasteiger partial charge in [-0.15, -0.1) is 11.3 Å². The first-order valence-corrected chi connectivity index (χ1v) is 10.2. The first-order chi connectivity index (χ1) is 14.0. The van der Waals surface area contributed by atoms with Crippen LogP contribution in [-0.4, -0.2) is 33.7 Å². The highest BCUT2D eigenvalue weighted by Gasteiger charge is 2.15. The average molecular weight is 410 g/mol. The van der Waals surface area contributed by atoms with E-state index in [4.69, 9.17) is 4.74 Å². The summed E-state index contributed by atoms with van der Waals surface area (Å²) in [5, 5.41) is 7.21. The summed E-state index contributed by atoms with van der Waals surface area (Å²) in [6.45, 7) is 4.25. The van der Waals surface area contributed by atoms with Crippen LogP contribution < -0.4 is 15.6 Å². The minimum absolute atomic E-state index is 0.105. The van der Waals surface area contributed by atoms with E-state index in [2.05, 4.69) is 16.5 Å². The highest BCUT2D eigenvalue weighted by Crippen LogP contribution is 2.27. The van der Waals surface area contributed by atoms with Gasteiger partial charge in [-0.3, -0.25) is 14.0 Å². The van der Waals surface area contributed by atoms with Crippen LogP contribution in [0, 0.1) is 13.8 Å². The van der Waals surface area contributed by atoms with E-state index in [1.54, 1.807) is 18.4 Å². The third kappa shape index (κ3) is 3.75. The number of carbonyl (C=O) groups excluding carboxylic acids is 1. The van der Waals surface area contributed by atoms with Gasteiger partial charge in [0.1, 0.15) is 23.6 Å². The summed E-state index contributed by atoms with van der Waals surface area (Å²) in [7, 11) is 1.63. The minimum Gasteiger partial charge on any atom is -0.497 e. The number of hydrogen-bond donors (Lipinski definition) is 1. The maximum Gasteiger partial charge on any atom is 0.291 e. The number of benzene rings is 1. The van der Waals surface area contributed by atoms with E-state index in [9.17, 15) is 9.59 Å². The lowest BCUT2D eigenvalue weighted by atomic mass is 10.1. The number of nitrogens with zero attached hydrogens (tertiary/aromatic N) is 3. The molecule has 8 heteroatoms. The Bertz CT molecular complexity index is 1270. The van der Waals surface area contributed by atoms with Crippen LogP contribution >= 0.6 is 11.3 Å². The molecule has 4 rings (SSSR count). The quantitative estimate of drug-likeness (QED) is 0.530. The molecule has 3 heterocycles. The molecule has 1 N–H and O–H groups in total. The first-order valence-electron chi connectivity index (χ1n) is 9.35. The molecule has 29 heavy (non-hydrogen) atoms. The Kier molecular flexibility index (Phi) is 5.10. The summed E-state index contributed by atoms with van der Waals surface area (Å²) in [5.74, 6) is 1.22. The maximum absolute atomic E-state index is 12.8. The van der Waals surface area contributed by atoms with Crippen LogP contribution in [0.2, 0.25) is 0 Å². The van der Waals surface area contributed by atoms with Crippen molar-refractivity contribution in [3.8, 4) is 5.75 Å². The first kappa shape index (κ1) is 19.2. The summed E-state index contributed by atoms with van der Waals surface area (Å²) in [4.78, 5) is 26.4. The van der Waals surface area contributed by atoms with Crippen LogP contribution in [0.5, 0.6) is 5.75 Å². The SMILES string of the molecule is COc1cccc(CCNC(=O)Cn2nc(C)n3c(cc4sc(C)cc43)c2=O)c1. The van der Waals surface area contributed by atoms with E-state index in [0.29, 0.717) is 24.3 Å². The van der Waals surface area contributed by atoms with Crippen LogP contribution in [-0.2, 0) is 17.8 Å². The molecular formula is C21H22N4O3S. The summed E-state index contributed by atoms with van der Waals surface area (Å²) >= 11 is 1.64. The number of fused-ring (bicyclic) bond motifs is 3. The molecule has 0 saturated heterocycles. The zero-order chi connectivity index (χ0) is 20.5. The molecule has 0 atom stereocenters. The molecule has 7 nitrogen and oxygen atoms in total. The predicted octanol–water partition coefficient (Wildman–Crippen LogP) is 2.70. The van der Waals surface area contributed by atoms with Gasteiger partial charge in [-0.1, -0.05) is 12.1 Å². The van der Waals surface area contributed by atoms with E-state index in [1.165, 1.54) is 9.56 Å². The number of nitrogens with one attached hydrogen (secondary N) is 1. The molecule has 0 fully saturated rings. The number of methoxy groups -OCH3 is 1. The number of hydrogen-bond acceptors (Lipinski definition) is 5. The Morgan fingerprint density at radius 1 is 1.21 bits per heavy atom. The Balaban J connectivity index is 1.47. The van der Waals surface area contributed by atoms with Gasteiger partial charge >= 0.3 is 0 Å². The Labute approximate surface area is 171 Å². The molecule has 150 valence electrons.